The van der Waals surface area contributed by atoms with Crippen LogP contribution in [-0.2, 0) is 14.4 Å². The highest BCUT2D eigenvalue weighted by molar-refractivity contribution is 5.67. The van der Waals surface area contributed by atoms with Gasteiger partial charge in [-0.05, 0) is 19.3 Å². The molecule has 7 heteroatoms. The number of carbonyl (C=O) groups is 3. The van der Waals surface area contributed by atoms with Gasteiger partial charge in [-0.3, -0.25) is 14.4 Å². The smallest absolute Gasteiger partial charge is 0.309 e. The summed E-state index contributed by atoms with van der Waals surface area (Å²) in [5, 5.41) is 27.4. The number of hydrogen-bond acceptors (Lipinski definition) is 3. The summed E-state index contributed by atoms with van der Waals surface area (Å²) in [6.45, 7) is 3.66. The number of carboxylic acid groups (broad SMARTS) is 3. The SMILES string of the molecule is CCCCCCCCCCCCCCCCCCC/C=C/CCC[N+](CCC(=O)O)(CCC(=O)O)CCC(=O)O. The number of nitrogens with zero attached hydrogens (tertiary/aromatic N) is 1. The molecular formula is C33H62NO6+. The Hall–Kier alpha value is -1.89. The number of allylic oxidation sites excluding steroid dienone is 2. The van der Waals surface area contributed by atoms with Gasteiger partial charge in [0.1, 0.15) is 0 Å². The number of carboxylic acids is 3. The zero-order valence-electron chi connectivity index (χ0n) is 25.8. The minimum Gasteiger partial charge on any atom is -0.481 e. The van der Waals surface area contributed by atoms with E-state index in [0.717, 1.165) is 19.3 Å². The quantitative estimate of drug-likeness (QED) is 0.0438. The van der Waals surface area contributed by atoms with Crippen LogP contribution >= 0.6 is 0 Å². The van der Waals surface area contributed by atoms with Crippen LogP contribution in [0.5, 0.6) is 0 Å². The van der Waals surface area contributed by atoms with Crippen LogP contribution in [-0.4, -0.2) is 63.9 Å². The summed E-state index contributed by atoms with van der Waals surface area (Å²) in [6.07, 6.45) is 30.1. The first-order valence-corrected chi connectivity index (χ1v) is 16.5. The molecule has 0 saturated heterocycles. The number of rotatable bonds is 31. The monoisotopic (exact) mass is 568 g/mol. The van der Waals surface area contributed by atoms with Gasteiger partial charge in [-0.25, -0.2) is 0 Å². The molecule has 0 radical (unpaired) electrons. The molecule has 0 heterocycles. The second kappa shape index (κ2) is 27.3. The summed E-state index contributed by atoms with van der Waals surface area (Å²) in [4.78, 5) is 33.4. The van der Waals surface area contributed by atoms with Gasteiger partial charge >= 0.3 is 17.9 Å². The van der Waals surface area contributed by atoms with Gasteiger partial charge in [0, 0.05) is 6.42 Å². The molecule has 0 aliphatic rings. The van der Waals surface area contributed by atoms with E-state index in [1.165, 1.54) is 109 Å². The Morgan fingerprint density at radius 1 is 0.450 bits per heavy atom. The van der Waals surface area contributed by atoms with Crippen molar-refractivity contribution >= 4 is 17.9 Å². The fourth-order valence-electron chi connectivity index (χ4n) is 5.44. The fourth-order valence-corrected chi connectivity index (χ4v) is 5.44. The molecule has 0 bridgehead atoms. The number of hydrogen-bond donors (Lipinski definition) is 3. The van der Waals surface area contributed by atoms with Crippen LogP contribution in [0.2, 0.25) is 0 Å². The van der Waals surface area contributed by atoms with Crippen molar-refractivity contribution in [2.75, 3.05) is 26.2 Å². The fraction of sp³-hybridized carbons (Fsp3) is 0.848. The van der Waals surface area contributed by atoms with Gasteiger partial charge in [-0.1, -0.05) is 122 Å². The lowest BCUT2D eigenvalue weighted by Gasteiger charge is -2.38. The first-order chi connectivity index (χ1) is 19.3. The van der Waals surface area contributed by atoms with E-state index in [4.69, 9.17) is 15.3 Å². The molecule has 0 fully saturated rings. The molecule has 0 spiro atoms. The van der Waals surface area contributed by atoms with E-state index in [9.17, 15) is 14.4 Å². The number of quaternary nitrogens is 1. The van der Waals surface area contributed by atoms with E-state index < -0.39 is 17.9 Å². The van der Waals surface area contributed by atoms with Gasteiger partial charge < -0.3 is 19.8 Å². The van der Waals surface area contributed by atoms with Crippen molar-refractivity contribution in [3.05, 3.63) is 12.2 Å². The van der Waals surface area contributed by atoms with E-state index in [0.29, 0.717) is 6.54 Å². The maximum absolute atomic E-state index is 11.1. The summed E-state index contributed by atoms with van der Waals surface area (Å²) in [7, 11) is 0. The largest absolute Gasteiger partial charge is 0.481 e. The van der Waals surface area contributed by atoms with Crippen molar-refractivity contribution in [1.82, 2.24) is 0 Å². The second-order valence-corrected chi connectivity index (χ2v) is 11.7. The third kappa shape index (κ3) is 26.3. The number of unbranched alkanes of at least 4 members (excludes halogenated alkanes) is 18. The van der Waals surface area contributed by atoms with Crippen LogP contribution in [0, 0.1) is 0 Å². The minimum atomic E-state index is -0.942. The number of aliphatic carboxylic acids is 3. The van der Waals surface area contributed by atoms with Crippen molar-refractivity contribution < 1.29 is 34.2 Å². The Balaban J connectivity index is 3.87. The molecular weight excluding hydrogens is 506 g/mol. The summed E-state index contributed by atoms with van der Waals surface area (Å²) in [5.74, 6) is -2.83. The van der Waals surface area contributed by atoms with Gasteiger partial charge in [0.05, 0.1) is 45.4 Å². The van der Waals surface area contributed by atoms with E-state index >= 15 is 0 Å². The van der Waals surface area contributed by atoms with Gasteiger partial charge in [0.15, 0.2) is 0 Å². The van der Waals surface area contributed by atoms with E-state index in [2.05, 4.69) is 19.1 Å². The van der Waals surface area contributed by atoms with Crippen LogP contribution < -0.4 is 0 Å². The average Bonchev–Trinajstić information content (AvgIpc) is 2.92. The minimum absolute atomic E-state index is 0.0889. The third-order valence-corrected chi connectivity index (χ3v) is 8.04. The summed E-state index contributed by atoms with van der Waals surface area (Å²) < 4.78 is 0.234. The Morgan fingerprint density at radius 2 is 0.750 bits per heavy atom. The van der Waals surface area contributed by atoms with Crippen molar-refractivity contribution in [2.24, 2.45) is 0 Å². The molecule has 0 amide bonds. The van der Waals surface area contributed by atoms with Crippen LogP contribution in [0.3, 0.4) is 0 Å². The normalized spacial score (nSPS) is 11.8. The second-order valence-electron chi connectivity index (χ2n) is 11.7. The van der Waals surface area contributed by atoms with Crippen molar-refractivity contribution in [3.63, 3.8) is 0 Å². The molecule has 0 aromatic heterocycles. The Bertz CT molecular complexity index is 618. The van der Waals surface area contributed by atoms with E-state index in [-0.39, 0.29) is 43.4 Å². The average molecular weight is 569 g/mol. The van der Waals surface area contributed by atoms with Crippen molar-refractivity contribution in [1.29, 1.82) is 0 Å². The standard InChI is InChI=1S/C33H61NO6/c1-2-3-4-5-6-7-8-9-10-11-12-13-14-15-16-17-18-19-20-21-22-23-27-34(28-24-31(35)36,29-25-32(37)38)30-26-33(39)40/h20-21H,2-19,22-30H2,1H3,(H2-,35,36,37,38,39,40)/p+1/b21-20+. The van der Waals surface area contributed by atoms with Crippen LogP contribution in [0.15, 0.2) is 12.2 Å². The van der Waals surface area contributed by atoms with E-state index in [1.54, 1.807) is 0 Å². The highest BCUT2D eigenvalue weighted by Crippen LogP contribution is 2.16. The maximum atomic E-state index is 11.1. The molecule has 0 aromatic rings. The topological polar surface area (TPSA) is 112 Å². The predicted molar refractivity (Wildman–Crippen MR) is 164 cm³/mol. The Kier molecular flexibility index (Phi) is 26.0. The zero-order valence-corrected chi connectivity index (χ0v) is 25.8. The maximum Gasteiger partial charge on any atom is 0.309 e. The van der Waals surface area contributed by atoms with Gasteiger partial charge in [-0.2, -0.15) is 0 Å². The highest BCUT2D eigenvalue weighted by atomic mass is 16.4. The molecule has 0 aliphatic carbocycles. The van der Waals surface area contributed by atoms with Crippen molar-refractivity contribution in [3.8, 4) is 0 Å². The van der Waals surface area contributed by atoms with Gasteiger partial charge in [0.25, 0.3) is 0 Å². The molecule has 40 heavy (non-hydrogen) atoms. The Labute approximate surface area is 245 Å². The van der Waals surface area contributed by atoms with Crippen LogP contribution in [0.1, 0.15) is 155 Å². The summed E-state index contributed by atoms with van der Waals surface area (Å²) in [5.41, 5.74) is 0. The van der Waals surface area contributed by atoms with Gasteiger partial charge in [0.2, 0.25) is 0 Å². The first kappa shape index (κ1) is 38.1. The van der Waals surface area contributed by atoms with Crippen LogP contribution in [0.4, 0.5) is 0 Å². The molecule has 3 N–H and O–H groups in total. The highest BCUT2D eigenvalue weighted by Gasteiger charge is 2.29. The third-order valence-electron chi connectivity index (χ3n) is 8.04. The van der Waals surface area contributed by atoms with Gasteiger partial charge in [-0.15, -0.1) is 0 Å². The van der Waals surface area contributed by atoms with Crippen molar-refractivity contribution in [2.45, 2.75) is 155 Å². The molecule has 0 rings (SSSR count). The molecule has 0 atom stereocenters. The molecule has 0 aliphatic heterocycles. The van der Waals surface area contributed by atoms with Crippen LogP contribution in [0.25, 0.3) is 0 Å². The lowest BCUT2D eigenvalue weighted by Crippen LogP contribution is -2.52. The summed E-state index contributed by atoms with van der Waals surface area (Å²) in [6, 6.07) is 0. The molecule has 0 unspecified atom stereocenters. The Morgan fingerprint density at radius 3 is 1.07 bits per heavy atom. The molecule has 7 nitrogen and oxygen atoms in total. The van der Waals surface area contributed by atoms with E-state index in [1.807, 2.05) is 0 Å². The molecule has 0 saturated carbocycles. The molecule has 0 aromatic carbocycles. The lowest BCUT2D eigenvalue weighted by atomic mass is 10.0. The first-order valence-electron chi connectivity index (χ1n) is 16.5. The zero-order chi connectivity index (χ0) is 29.7. The lowest BCUT2D eigenvalue weighted by molar-refractivity contribution is -0.927. The predicted octanol–water partition coefficient (Wildman–Crippen LogP) is 8.61. The molecule has 234 valence electrons. The summed E-state index contributed by atoms with van der Waals surface area (Å²) >= 11 is 0.